The average Bonchev–Trinajstić information content (AvgIpc) is 2.14. The largest absolute Gasteiger partial charge is 0.597 e. The SMILES string of the molecule is CCCN[S+]([O-])C(C)(C)C(=O)OCC. The summed E-state index contributed by atoms with van der Waals surface area (Å²) < 4.78 is 18.3. The van der Waals surface area contributed by atoms with E-state index in [1.54, 1.807) is 20.8 Å². The second-order valence-corrected chi connectivity index (χ2v) is 5.24. The van der Waals surface area contributed by atoms with Crippen LogP contribution in [0.15, 0.2) is 0 Å². The molecule has 1 unspecified atom stereocenters. The van der Waals surface area contributed by atoms with Gasteiger partial charge in [-0.3, -0.25) is 0 Å². The van der Waals surface area contributed by atoms with Crippen molar-refractivity contribution in [2.45, 2.75) is 38.9 Å². The zero-order chi connectivity index (χ0) is 11.2. The standard InChI is InChI=1S/C9H19NO3S/c1-5-7-10-14(12)9(3,4)8(11)13-6-2/h10H,5-7H2,1-4H3. The lowest BCUT2D eigenvalue weighted by Gasteiger charge is -2.25. The van der Waals surface area contributed by atoms with Crippen LogP contribution in [0.2, 0.25) is 0 Å². The fraction of sp³-hybridized carbons (Fsp3) is 0.889. The fourth-order valence-electron chi connectivity index (χ4n) is 0.756. The minimum atomic E-state index is -1.39. The zero-order valence-corrected chi connectivity index (χ0v) is 10.1. The molecule has 0 amide bonds. The lowest BCUT2D eigenvalue weighted by Crippen LogP contribution is -2.48. The number of esters is 1. The van der Waals surface area contributed by atoms with Crippen molar-refractivity contribution in [3.8, 4) is 0 Å². The van der Waals surface area contributed by atoms with Crippen molar-refractivity contribution in [3.05, 3.63) is 0 Å². The van der Waals surface area contributed by atoms with Crippen LogP contribution in [0.5, 0.6) is 0 Å². The Morgan fingerprint density at radius 1 is 1.50 bits per heavy atom. The number of nitrogens with one attached hydrogen (secondary N) is 1. The molecule has 0 spiro atoms. The summed E-state index contributed by atoms with van der Waals surface area (Å²) in [7, 11) is 0. The number of hydrogen-bond acceptors (Lipinski definition) is 4. The highest BCUT2D eigenvalue weighted by Gasteiger charge is 2.42. The molecule has 0 aromatic carbocycles. The van der Waals surface area contributed by atoms with Gasteiger partial charge in [0, 0.05) is 6.54 Å². The van der Waals surface area contributed by atoms with Crippen molar-refractivity contribution in [1.29, 1.82) is 0 Å². The van der Waals surface area contributed by atoms with Crippen LogP contribution in [0.25, 0.3) is 0 Å². The number of carbonyl (C=O) groups is 1. The lowest BCUT2D eigenvalue weighted by molar-refractivity contribution is -0.145. The van der Waals surface area contributed by atoms with Crippen LogP contribution in [0.3, 0.4) is 0 Å². The molecule has 0 saturated heterocycles. The summed E-state index contributed by atoms with van der Waals surface area (Å²) in [5.74, 6) is -0.429. The second-order valence-electron chi connectivity index (χ2n) is 3.39. The third kappa shape index (κ3) is 3.86. The van der Waals surface area contributed by atoms with E-state index in [0.717, 1.165) is 6.42 Å². The van der Waals surface area contributed by atoms with Gasteiger partial charge in [-0.1, -0.05) is 6.92 Å². The maximum Gasteiger partial charge on any atom is 0.364 e. The topological polar surface area (TPSA) is 61.4 Å². The van der Waals surface area contributed by atoms with Gasteiger partial charge in [-0.05, 0) is 27.2 Å². The molecule has 0 saturated carbocycles. The molecule has 0 bridgehead atoms. The van der Waals surface area contributed by atoms with Crippen LogP contribution >= 0.6 is 0 Å². The summed E-state index contributed by atoms with van der Waals surface area (Å²) in [6.07, 6.45) is 0.880. The molecule has 14 heavy (non-hydrogen) atoms. The number of carbonyl (C=O) groups excluding carboxylic acids is 1. The molecule has 0 heterocycles. The molecule has 5 heteroatoms. The summed E-state index contributed by atoms with van der Waals surface area (Å²) in [5, 5.41) is 0. The first-order chi connectivity index (χ1) is 6.46. The van der Waals surface area contributed by atoms with Gasteiger partial charge in [-0.15, -0.1) is 4.72 Å². The molecule has 1 N–H and O–H groups in total. The van der Waals surface area contributed by atoms with Crippen LogP contribution in [0.4, 0.5) is 0 Å². The second kappa shape index (κ2) is 6.27. The van der Waals surface area contributed by atoms with Crippen molar-refractivity contribution in [3.63, 3.8) is 0 Å². The van der Waals surface area contributed by atoms with E-state index in [9.17, 15) is 9.35 Å². The van der Waals surface area contributed by atoms with Gasteiger partial charge in [0.05, 0.1) is 18.0 Å². The van der Waals surface area contributed by atoms with E-state index < -0.39 is 22.1 Å². The molecule has 0 aliphatic carbocycles. The molecule has 84 valence electrons. The summed E-state index contributed by atoms with van der Waals surface area (Å²) in [4.78, 5) is 11.4. The highest BCUT2D eigenvalue weighted by Crippen LogP contribution is 2.16. The molecule has 0 radical (unpaired) electrons. The average molecular weight is 221 g/mol. The Bertz CT molecular complexity index is 185. The first kappa shape index (κ1) is 13.7. The maximum absolute atomic E-state index is 11.6. The summed E-state index contributed by atoms with van der Waals surface area (Å²) in [5.41, 5.74) is 0. The Kier molecular flexibility index (Phi) is 6.15. The predicted octanol–water partition coefficient (Wildman–Crippen LogP) is 0.991. The van der Waals surface area contributed by atoms with E-state index in [0.29, 0.717) is 13.2 Å². The summed E-state index contributed by atoms with van der Waals surface area (Å²) in [6, 6.07) is 0. The van der Waals surface area contributed by atoms with Crippen molar-refractivity contribution >= 4 is 17.3 Å². The van der Waals surface area contributed by atoms with E-state index in [4.69, 9.17) is 4.74 Å². The van der Waals surface area contributed by atoms with E-state index >= 15 is 0 Å². The fourth-order valence-corrected chi connectivity index (χ4v) is 1.72. The Morgan fingerprint density at radius 3 is 2.50 bits per heavy atom. The Morgan fingerprint density at radius 2 is 2.07 bits per heavy atom. The summed E-state index contributed by atoms with van der Waals surface area (Å²) >= 11 is -1.39. The summed E-state index contributed by atoms with van der Waals surface area (Å²) in [6.45, 7) is 7.88. The van der Waals surface area contributed by atoms with Crippen molar-refractivity contribution in [2.75, 3.05) is 13.2 Å². The third-order valence-corrected chi connectivity index (χ3v) is 3.27. The first-order valence-electron chi connectivity index (χ1n) is 4.79. The minimum absolute atomic E-state index is 0.313. The van der Waals surface area contributed by atoms with Gasteiger partial charge in [0.2, 0.25) is 4.75 Å². The molecule has 1 atom stereocenters. The van der Waals surface area contributed by atoms with Crippen molar-refractivity contribution in [2.24, 2.45) is 0 Å². The Hall–Kier alpha value is -0.260. The molecular weight excluding hydrogens is 202 g/mol. The van der Waals surface area contributed by atoms with Crippen LogP contribution in [-0.4, -0.2) is 28.4 Å². The van der Waals surface area contributed by atoms with Gasteiger partial charge < -0.3 is 9.29 Å². The van der Waals surface area contributed by atoms with Gasteiger partial charge >= 0.3 is 5.97 Å². The van der Waals surface area contributed by atoms with Crippen LogP contribution in [0, 0.1) is 0 Å². The maximum atomic E-state index is 11.6. The molecule has 0 fully saturated rings. The van der Waals surface area contributed by atoms with Gasteiger partial charge in [0.25, 0.3) is 0 Å². The molecule has 4 nitrogen and oxygen atoms in total. The van der Waals surface area contributed by atoms with E-state index in [1.807, 2.05) is 6.92 Å². The molecule has 0 rings (SSSR count). The van der Waals surface area contributed by atoms with E-state index in [2.05, 4.69) is 4.72 Å². The van der Waals surface area contributed by atoms with Crippen molar-refractivity contribution < 1.29 is 14.1 Å². The molecule has 0 aliphatic rings. The Balaban J connectivity index is 4.20. The highest BCUT2D eigenvalue weighted by molar-refractivity contribution is 7.91. The molecular formula is C9H19NO3S. The lowest BCUT2D eigenvalue weighted by atomic mass is 10.2. The van der Waals surface area contributed by atoms with Crippen molar-refractivity contribution in [1.82, 2.24) is 4.72 Å². The number of hydrogen-bond donors (Lipinski definition) is 1. The highest BCUT2D eigenvalue weighted by atomic mass is 32.2. The van der Waals surface area contributed by atoms with Crippen LogP contribution in [0.1, 0.15) is 34.1 Å². The predicted molar refractivity (Wildman–Crippen MR) is 57.1 cm³/mol. The quantitative estimate of drug-likeness (QED) is 0.537. The smallest absolute Gasteiger partial charge is 0.364 e. The number of rotatable bonds is 6. The van der Waals surface area contributed by atoms with E-state index in [-0.39, 0.29) is 0 Å². The van der Waals surface area contributed by atoms with E-state index in [1.165, 1.54) is 0 Å². The first-order valence-corrected chi connectivity index (χ1v) is 5.94. The zero-order valence-electron chi connectivity index (χ0n) is 9.25. The normalized spacial score (nSPS) is 13.8. The number of ether oxygens (including phenoxy) is 1. The van der Waals surface area contributed by atoms with Crippen LogP contribution < -0.4 is 4.72 Å². The van der Waals surface area contributed by atoms with Crippen LogP contribution in [-0.2, 0) is 20.9 Å². The van der Waals surface area contributed by atoms with Gasteiger partial charge in [0.15, 0.2) is 0 Å². The monoisotopic (exact) mass is 221 g/mol. The van der Waals surface area contributed by atoms with Gasteiger partial charge in [-0.2, -0.15) is 0 Å². The molecule has 0 aliphatic heterocycles. The Labute approximate surface area is 88.7 Å². The third-order valence-electron chi connectivity index (χ3n) is 1.71. The molecule has 0 aromatic heterocycles. The molecule has 0 aromatic rings. The van der Waals surface area contributed by atoms with Gasteiger partial charge in [-0.25, -0.2) is 4.79 Å². The van der Waals surface area contributed by atoms with Gasteiger partial charge in [0.1, 0.15) is 0 Å². The minimum Gasteiger partial charge on any atom is -0.597 e.